The summed E-state index contributed by atoms with van der Waals surface area (Å²) in [5.41, 5.74) is 3.64. The first-order valence-corrected chi connectivity index (χ1v) is 12.0. The van der Waals surface area contributed by atoms with Crippen molar-refractivity contribution in [2.24, 2.45) is 0 Å². The molecule has 40 heavy (non-hydrogen) atoms. The molecule has 1 spiro atoms. The molecule has 0 aromatic heterocycles. The van der Waals surface area contributed by atoms with Gasteiger partial charge in [-0.05, 0) is 50.2 Å². The number of carboxylic acids is 2. The number of para-hydroxylation sites is 1. The third-order valence-electron chi connectivity index (χ3n) is 6.75. The molecule has 8 nitrogen and oxygen atoms in total. The molecule has 0 radical (unpaired) electrons. The topological polar surface area (TPSA) is 119 Å². The normalized spacial score (nSPS) is 19.6. The monoisotopic (exact) mass is 580 g/mol. The minimum Gasteiger partial charge on any atom is -0.496 e. The molecule has 1 fully saturated rings. The van der Waals surface area contributed by atoms with Crippen molar-refractivity contribution < 1.29 is 56.0 Å². The molecule has 2 aromatic carbocycles. The van der Waals surface area contributed by atoms with E-state index < -0.39 is 24.3 Å². The Kier molecular flexibility index (Phi) is 10.9. The number of likely N-dealkylation sites (N-methyl/N-ethyl adjacent to an activating group) is 1. The number of methoxy groups -OCH3 is 1. The van der Waals surface area contributed by atoms with Crippen LogP contribution in [0.5, 0.6) is 5.75 Å². The first-order chi connectivity index (χ1) is 18.6. The van der Waals surface area contributed by atoms with Crippen molar-refractivity contribution in [3.8, 4) is 5.75 Å². The number of carbonyl (C=O) groups is 2. The van der Waals surface area contributed by atoms with Crippen LogP contribution >= 0.6 is 0 Å². The van der Waals surface area contributed by atoms with E-state index >= 15 is 0 Å². The second-order valence-electron chi connectivity index (χ2n) is 9.22. The van der Waals surface area contributed by atoms with Gasteiger partial charge in [0.2, 0.25) is 0 Å². The number of piperidine rings is 1. The van der Waals surface area contributed by atoms with Crippen LogP contribution < -0.4 is 10.1 Å². The van der Waals surface area contributed by atoms with E-state index in [4.69, 9.17) is 24.5 Å². The van der Waals surface area contributed by atoms with Gasteiger partial charge in [0.1, 0.15) is 5.75 Å². The fraction of sp³-hybridized carbons (Fsp3) is 0.462. The fourth-order valence-electron chi connectivity index (χ4n) is 4.96. The number of rotatable bonds is 4. The zero-order valence-electron chi connectivity index (χ0n) is 21.6. The smallest absolute Gasteiger partial charge is 0.490 e. The first kappa shape index (κ1) is 32.8. The highest BCUT2D eigenvalue weighted by molar-refractivity contribution is 5.73. The van der Waals surface area contributed by atoms with E-state index in [0.29, 0.717) is 0 Å². The quantitative estimate of drug-likeness (QED) is 0.399. The number of ether oxygens (including phenoxy) is 1. The number of halogens is 6. The van der Waals surface area contributed by atoms with Gasteiger partial charge in [0.05, 0.1) is 19.3 Å². The Bertz CT molecular complexity index is 1130. The number of aliphatic carboxylic acids is 2. The van der Waals surface area contributed by atoms with Crippen molar-refractivity contribution in [1.82, 2.24) is 10.2 Å². The Hall–Kier alpha value is -3.36. The van der Waals surface area contributed by atoms with E-state index in [-0.39, 0.29) is 17.6 Å². The van der Waals surface area contributed by atoms with Gasteiger partial charge in [0.15, 0.2) is 0 Å². The number of aliphatic hydroxyl groups excluding tert-OH is 1. The van der Waals surface area contributed by atoms with Crippen LogP contribution in [0.4, 0.5) is 26.3 Å². The van der Waals surface area contributed by atoms with Crippen LogP contribution in [0.2, 0.25) is 0 Å². The highest BCUT2D eigenvalue weighted by atomic mass is 19.4. The van der Waals surface area contributed by atoms with Gasteiger partial charge in [0, 0.05) is 17.5 Å². The second-order valence-corrected chi connectivity index (χ2v) is 9.22. The SMILES string of the molecule is COc1ccccc1CN(C)[C@@H]1c2ccccc2C2(CCNCC2)[C@H]1O.O=C(O)C(F)(F)F.O=C(O)C(F)(F)F. The number of hydrogen-bond donors (Lipinski definition) is 4. The summed E-state index contributed by atoms with van der Waals surface area (Å²) < 4.78 is 69.0. The van der Waals surface area contributed by atoms with Crippen molar-refractivity contribution in [1.29, 1.82) is 0 Å². The third kappa shape index (κ3) is 7.86. The summed E-state index contributed by atoms with van der Waals surface area (Å²) in [6.45, 7) is 2.68. The highest BCUT2D eigenvalue weighted by Gasteiger charge is 2.52. The molecule has 2 atom stereocenters. The van der Waals surface area contributed by atoms with Crippen molar-refractivity contribution in [2.45, 2.75) is 49.3 Å². The number of fused-ring (bicyclic) bond motifs is 2. The summed E-state index contributed by atoms with van der Waals surface area (Å²) in [5.74, 6) is -4.61. The van der Waals surface area contributed by atoms with Crippen LogP contribution in [0.1, 0.15) is 35.6 Å². The molecule has 0 amide bonds. The van der Waals surface area contributed by atoms with Gasteiger partial charge < -0.3 is 25.4 Å². The molecule has 4 N–H and O–H groups in total. The number of aliphatic hydroxyl groups is 1. The van der Waals surface area contributed by atoms with Gasteiger partial charge in [-0.2, -0.15) is 26.3 Å². The predicted molar refractivity (Wildman–Crippen MR) is 131 cm³/mol. The molecule has 1 saturated heterocycles. The number of alkyl halides is 6. The molecule has 4 rings (SSSR count). The van der Waals surface area contributed by atoms with E-state index in [2.05, 4.69) is 47.6 Å². The molecular weight excluding hydrogens is 550 g/mol. The summed E-state index contributed by atoms with van der Waals surface area (Å²) in [6, 6.07) is 16.8. The van der Waals surface area contributed by atoms with Gasteiger partial charge in [-0.1, -0.05) is 42.5 Å². The number of carboxylic acid groups (broad SMARTS) is 2. The molecule has 0 unspecified atom stereocenters. The van der Waals surface area contributed by atoms with Crippen molar-refractivity contribution in [3.05, 3.63) is 65.2 Å². The predicted octanol–water partition coefficient (Wildman–Crippen LogP) is 4.13. The van der Waals surface area contributed by atoms with Gasteiger partial charge in [-0.3, -0.25) is 4.90 Å². The largest absolute Gasteiger partial charge is 0.496 e. The van der Waals surface area contributed by atoms with Crippen LogP contribution in [-0.4, -0.2) is 77.9 Å². The average Bonchev–Trinajstić information content (AvgIpc) is 3.12. The summed E-state index contributed by atoms with van der Waals surface area (Å²) in [6.07, 6.45) is -8.57. The Balaban J connectivity index is 0.000000333. The molecule has 1 aliphatic heterocycles. The Labute approximate surface area is 226 Å². The van der Waals surface area contributed by atoms with Crippen molar-refractivity contribution >= 4 is 11.9 Å². The van der Waals surface area contributed by atoms with E-state index in [1.807, 2.05) is 18.2 Å². The van der Waals surface area contributed by atoms with Crippen molar-refractivity contribution in [3.63, 3.8) is 0 Å². The molecule has 2 aliphatic rings. The van der Waals surface area contributed by atoms with Gasteiger partial charge in [0.25, 0.3) is 0 Å². The average molecular weight is 581 g/mol. The zero-order valence-corrected chi connectivity index (χ0v) is 21.6. The Morgan fingerprint density at radius 2 is 1.43 bits per heavy atom. The standard InChI is InChI=1S/C22H28N2O2.2C2HF3O2/c1-24(15-16-7-3-6-10-19(16)26-2)20-17-8-4-5-9-18(17)22(21(20)25)11-13-23-14-12-22;2*3-2(4,5)1(6)7/h3-10,20-21,23,25H,11-15H2,1-2H3;2*(H,6,7)/t20-,21+;;/m1../s1. The van der Waals surface area contributed by atoms with E-state index in [1.54, 1.807) is 7.11 Å². The molecule has 0 saturated carbocycles. The van der Waals surface area contributed by atoms with Gasteiger partial charge in [-0.15, -0.1) is 0 Å². The minimum atomic E-state index is -5.08. The maximum Gasteiger partial charge on any atom is 0.490 e. The van der Waals surface area contributed by atoms with E-state index in [1.165, 1.54) is 11.1 Å². The lowest BCUT2D eigenvalue weighted by Crippen LogP contribution is -2.48. The molecule has 2 aromatic rings. The van der Waals surface area contributed by atoms with Crippen LogP contribution in [0, 0.1) is 0 Å². The van der Waals surface area contributed by atoms with Gasteiger partial charge >= 0.3 is 24.3 Å². The maximum absolute atomic E-state index is 11.5. The van der Waals surface area contributed by atoms with E-state index in [9.17, 15) is 31.4 Å². The Morgan fingerprint density at radius 3 is 1.93 bits per heavy atom. The summed E-state index contributed by atoms with van der Waals surface area (Å²) in [5, 5.41) is 29.2. The van der Waals surface area contributed by atoms with Crippen LogP contribution in [0.3, 0.4) is 0 Å². The van der Waals surface area contributed by atoms with Crippen LogP contribution in [-0.2, 0) is 21.5 Å². The minimum absolute atomic E-state index is 0.00853. The molecule has 222 valence electrons. The van der Waals surface area contributed by atoms with Gasteiger partial charge in [-0.25, -0.2) is 9.59 Å². The lowest BCUT2D eigenvalue weighted by atomic mass is 9.72. The lowest BCUT2D eigenvalue weighted by Gasteiger charge is -2.40. The fourth-order valence-corrected chi connectivity index (χ4v) is 4.96. The zero-order chi connectivity index (χ0) is 30.3. The Morgan fingerprint density at radius 1 is 0.950 bits per heavy atom. The molecule has 0 bridgehead atoms. The lowest BCUT2D eigenvalue weighted by molar-refractivity contribution is -0.193. The maximum atomic E-state index is 11.5. The van der Waals surface area contributed by atoms with Crippen LogP contribution in [0.25, 0.3) is 0 Å². The molecule has 1 heterocycles. The second kappa shape index (κ2) is 13.3. The summed E-state index contributed by atoms with van der Waals surface area (Å²) in [7, 11) is 3.82. The first-order valence-electron chi connectivity index (χ1n) is 12.0. The molecule has 14 heteroatoms. The number of hydrogen-bond acceptors (Lipinski definition) is 6. The molecular formula is C26H30F6N2O6. The van der Waals surface area contributed by atoms with Crippen LogP contribution in [0.15, 0.2) is 48.5 Å². The number of nitrogens with one attached hydrogen (secondary N) is 1. The van der Waals surface area contributed by atoms with E-state index in [0.717, 1.165) is 43.8 Å². The number of nitrogens with zero attached hydrogens (tertiary/aromatic N) is 1. The third-order valence-corrected chi connectivity index (χ3v) is 6.75. The highest BCUT2D eigenvalue weighted by Crippen LogP contribution is 2.52. The molecule has 1 aliphatic carbocycles. The summed E-state index contributed by atoms with van der Waals surface area (Å²) in [4.78, 5) is 20.1. The van der Waals surface area contributed by atoms with Crippen molar-refractivity contribution in [2.75, 3.05) is 27.2 Å². The summed E-state index contributed by atoms with van der Waals surface area (Å²) >= 11 is 0. The number of benzene rings is 2.